The first kappa shape index (κ1) is 14.2. The average Bonchev–Trinajstić information content (AvgIpc) is 2.30. The summed E-state index contributed by atoms with van der Waals surface area (Å²) in [5.41, 5.74) is 0.545. The summed E-state index contributed by atoms with van der Waals surface area (Å²) in [6.45, 7) is 6.20. The lowest BCUT2D eigenvalue weighted by molar-refractivity contribution is 0.0936. The van der Waals surface area contributed by atoms with Gasteiger partial charge in [-0.15, -0.1) is 0 Å². The van der Waals surface area contributed by atoms with Crippen LogP contribution < -0.4 is 5.32 Å². The van der Waals surface area contributed by atoms with Gasteiger partial charge in [0.25, 0.3) is 5.91 Å². The average molecular weight is 302 g/mol. The van der Waals surface area contributed by atoms with E-state index in [2.05, 4.69) is 21.2 Å². The van der Waals surface area contributed by atoms with Crippen molar-refractivity contribution in [2.75, 3.05) is 11.9 Å². The molecule has 0 aliphatic rings. The Morgan fingerprint density at radius 3 is 2.71 bits per heavy atom. The Hall–Kier alpha value is -0.900. The van der Waals surface area contributed by atoms with Crippen molar-refractivity contribution >= 4 is 21.8 Å². The largest absolute Gasteiger partial charge is 0.351 e. The Kier molecular flexibility index (Phi) is 4.69. The first-order valence-corrected chi connectivity index (χ1v) is 6.59. The van der Waals surface area contributed by atoms with Crippen LogP contribution >= 0.6 is 15.9 Å². The van der Waals surface area contributed by atoms with Gasteiger partial charge in [-0.05, 0) is 24.0 Å². The van der Waals surface area contributed by atoms with Crippen LogP contribution in [0.1, 0.15) is 29.8 Å². The van der Waals surface area contributed by atoms with Crippen LogP contribution in [0.5, 0.6) is 0 Å². The number of aryl methyl sites for hydroxylation is 1. The van der Waals surface area contributed by atoms with Crippen LogP contribution in [-0.2, 0) is 0 Å². The van der Waals surface area contributed by atoms with Crippen molar-refractivity contribution < 1.29 is 9.18 Å². The Balaban J connectivity index is 2.74. The lowest BCUT2D eigenvalue weighted by Crippen LogP contribution is -2.35. The molecule has 1 amide bonds. The summed E-state index contributed by atoms with van der Waals surface area (Å²) < 4.78 is 13.7. The van der Waals surface area contributed by atoms with Gasteiger partial charge in [0.1, 0.15) is 5.82 Å². The van der Waals surface area contributed by atoms with Gasteiger partial charge < -0.3 is 5.32 Å². The first-order valence-electron chi connectivity index (χ1n) is 5.47. The fraction of sp³-hybridized carbons (Fsp3) is 0.462. The molecule has 0 aromatic heterocycles. The van der Waals surface area contributed by atoms with E-state index >= 15 is 0 Å². The molecular weight excluding hydrogens is 285 g/mol. The third kappa shape index (κ3) is 3.80. The molecule has 0 unspecified atom stereocenters. The van der Waals surface area contributed by atoms with Crippen molar-refractivity contribution in [2.24, 2.45) is 5.41 Å². The molecule has 0 fully saturated rings. The molecule has 4 heteroatoms. The minimum atomic E-state index is -0.443. The van der Waals surface area contributed by atoms with Crippen molar-refractivity contribution in [1.29, 1.82) is 0 Å². The van der Waals surface area contributed by atoms with E-state index in [-0.39, 0.29) is 16.9 Å². The van der Waals surface area contributed by atoms with Crippen molar-refractivity contribution in [3.63, 3.8) is 0 Å². The molecule has 0 saturated carbocycles. The molecule has 0 aliphatic heterocycles. The number of carbonyl (C=O) groups excluding carboxylic acids is 1. The second-order valence-electron chi connectivity index (χ2n) is 4.92. The van der Waals surface area contributed by atoms with Crippen LogP contribution in [0.3, 0.4) is 0 Å². The van der Waals surface area contributed by atoms with Gasteiger partial charge in [-0.2, -0.15) is 0 Å². The highest BCUT2D eigenvalue weighted by molar-refractivity contribution is 9.09. The summed E-state index contributed by atoms with van der Waals surface area (Å²) >= 11 is 3.38. The van der Waals surface area contributed by atoms with E-state index in [0.29, 0.717) is 12.1 Å². The van der Waals surface area contributed by atoms with Gasteiger partial charge in [0.2, 0.25) is 0 Å². The number of hydrogen-bond acceptors (Lipinski definition) is 1. The highest BCUT2D eigenvalue weighted by Crippen LogP contribution is 2.17. The summed E-state index contributed by atoms with van der Waals surface area (Å²) in [5, 5.41) is 3.52. The predicted molar refractivity (Wildman–Crippen MR) is 71.0 cm³/mol. The summed E-state index contributed by atoms with van der Waals surface area (Å²) in [4.78, 5) is 11.8. The maximum Gasteiger partial charge on any atom is 0.254 e. The molecule has 94 valence electrons. The number of benzene rings is 1. The third-order valence-corrected chi connectivity index (χ3v) is 4.04. The molecule has 0 radical (unpaired) electrons. The van der Waals surface area contributed by atoms with Gasteiger partial charge in [-0.25, -0.2) is 4.39 Å². The molecule has 0 bridgehead atoms. The van der Waals surface area contributed by atoms with E-state index in [4.69, 9.17) is 0 Å². The van der Waals surface area contributed by atoms with E-state index in [0.717, 1.165) is 5.33 Å². The second kappa shape index (κ2) is 5.63. The van der Waals surface area contributed by atoms with Gasteiger partial charge in [-0.1, -0.05) is 41.9 Å². The number of carbonyl (C=O) groups is 1. The minimum Gasteiger partial charge on any atom is -0.351 e. The summed E-state index contributed by atoms with van der Waals surface area (Å²) in [5.74, 6) is -0.804. The summed E-state index contributed by atoms with van der Waals surface area (Å²) in [6.07, 6.45) is 0. The zero-order valence-electron chi connectivity index (χ0n) is 10.3. The summed E-state index contributed by atoms with van der Waals surface area (Å²) in [7, 11) is 0. The Bertz CT molecular complexity index is 418. The van der Waals surface area contributed by atoms with Crippen LogP contribution in [0.15, 0.2) is 18.2 Å². The zero-order valence-corrected chi connectivity index (χ0v) is 11.9. The van der Waals surface area contributed by atoms with E-state index in [1.807, 2.05) is 13.8 Å². The Morgan fingerprint density at radius 1 is 1.47 bits per heavy atom. The molecule has 2 nitrogen and oxygen atoms in total. The number of nitrogens with one attached hydrogen (secondary N) is 1. The number of alkyl halides is 1. The number of hydrogen-bond donors (Lipinski definition) is 1. The molecule has 0 heterocycles. The third-order valence-electron chi connectivity index (χ3n) is 2.53. The SMILES string of the molecule is Cc1cccc(C(=O)NCC(C)(C)CBr)c1F. The van der Waals surface area contributed by atoms with Crippen LogP contribution in [0.25, 0.3) is 0 Å². The van der Waals surface area contributed by atoms with E-state index in [1.54, 1.807) is 19.1 Å². The molecule has 0 aliphatic carbocycles. The van der Waals surface area contributed by atoms with Gasteiger partial charge in [0.15, 0.2) is 0 Å². The molecule has 0 atom stereocenters. The second-order valence-corrected chi connectivity index (χ2v) is 5.48. The monoisotopic (exact) mass is 301 g/mol. The molecule has 1 rings (SSSR count). The molecule has 1 N–H and O–H groups in total. The standard InChI is InChI=1S/C13H17BrFNO/c1-9-5-4-6-10(11(9)15)12(17)16-8-13(2,3)7-14/h4-6H,7-8H2,1-3H3,(H,16,17). The van der Waals surface area contributed by atoms with E-state index < -0.39 is 5.82 Å². The Morgan fingerprint density at radius 2 is 2.12 bits per heavy atom. The topological polar surface area (TPSA) is 29.1 Å². The molecular formula is C13H17BrFNO. The number of halogens is 2. The van der Waals surface area contributed by atoms with Crippen LogP contribution in [0.4, 0.5) is 4.39 Å². The fourth-order valence-electron chi connectivity index (χ4n) is 1.28. The minimum absolute atomic E-state index is 0.0457. The molecule has 0 saturated heterocycles. The molecule has 1 aromatic carbocycles. The lowest BCUT2D eigenvalue weighted by Gasteiger charge is -2.22. The summed E-state index contributed by atoms with van der Waals surface area (Å²) in [6, 6.07) is 4.83. The predicted octanol–water partition coefficient (Wildman–Crippen LogP) is 3.29. The van der Waals surface area contributed by atoms with Gasteiger partial charge >= 0.3 is 0 Å². The maximum atomic E-state index is 13.7. The molecule has 1 aromatic rings. The molecule has 0 spiro atoms. The smallest absolute Gasteiger partial charge is 0.254 e. The van der Waals surface area contributed by atoms with Crippen molar-refractivity contribution in [3.05, 3.63) is 35.1 Å². The van der Waals surface area contributed by atoms with Crippen molar-refractivity contribution in [1.82, 2.24) is 5.32 Å². The quantitative estimate of drug-likeness (QED) is 0.850. The van der Waals surface area contributed by atoms with Crippen LogP contribution in [0, 0.1) is 18.2 Å². The first-order chi connectivity index (χ1) is 7.87. The normalized spacial score (nSPS) is 11.4. The fourth-order valence-corrected chi connectivity index (χ4v) is 1.48. The number of rotatable bonds is 4. The Labute approximate surface area is 110 Å². The number of amides is 1. The zero-order chi connectivity index (χ0) is 13.1. The van der Waals surface area contributed by atoms with Gasteiger partial charge in [0, 0.05) is 11.9 Å². The maximum absolute atomic E-state index is 13.7. The lowest BCUT2D eigenvalue weighted by atomic mass is 9.96. The molecule has 17 heavy (non-hydrogen) atoms. The van der Waals surface area contributed by atoms with Gasteiger partial charge in [0.05, 0.1) is 5.56 Å². The van der Waals surface area contributed by atoms with Gasteiger partial charge in [-0.3, -0.25) is 4.79 Å². The highest BCUT2D eigenvalue weighted by Gasteiger charge is 2.19. The highest BCUT2D eigenvalue weighted by atomic mass is 79.9. The van der Waals surface area contributed by atoms with Crippen LogP contribution in [0.2, 0.25) is 0 Å². The van der Waals surface area contributed by atoms with Crippen molar-refractivity contribution in [2.45, 2.75) is 20.8 Å². The van der Waals surface area contributed by atoms with Crippen LogP contribution in [-0.4, -0.2) is 17.8 Å². The van der Waals surface area contributed by atoms with E-state index in [1.165, 1.54) is 6.07 Å². The van der Waals surface area contributed by atoms with Crippen molar-refractivity contribution in [3.8, 4) is 0 Å². The van der Waals surface area contributed by atoms with E-state index in [9.17, 15) is 9.18 Å².